The normalized spacial score (nSPS) is 15.4. The Morgan fingerprint density at radius 3 is 2.32 bits per heavy atom. The van der Waals surface area contributed by atoms with Crippen molar-refractivity contribution in [1.29, 1.82) is 0 Å². The number of carboxylic acids is 1. The zero-order valence-electron chi connectivity index (χ0n) is 12.6. The van der Waals surface area contributed by atoms with Gasteiger partial charge in [-0.1, -0.05) is 39.5 Å². The highest BCUT2D eigenvalue weighted by atomic mass is 16.4. The lowest BCUT2D eigenvalue weighted by Gasteiger charge is -2.26. The smallest absolute Gasteiger partial charge is 0.329 e. The van der Waals surface area contributed by atoms with Gasteiger partial charge in [0.25, 0.3) is 0 Å². The molecule has 0 radical (unpaired) electrons. The van der Waals surface area contributed by atoms with Gasteiger partial charge in [-0.15, -0.1) is 0 Å². The van der Waals surface area contributed by atoms with Crippen LogP contribution < -0.4 is 10.6 Å². The molecule has 0 saturated carbocycles. The fourth-order valence-corrected chi connectivity index (χ4v) is 1.75. The Kier molecular flexibility index (Phi) is 8.19. The van der Waals surface area contributed by atoms with Crippen LogP contribution in [0.5, 0.6) is 0 Å². The molecule has 2 amide bonds. The Bertz CT molecular complexity index is 294. The number of carbonyl (C=O) groups excluding carboxylic acids is 1. The van der Waals surface area contributed by atoms with Crippen LogP contribution in [0.4, 0.5) is 4.79 Å². The third-order valence-electron chi connectivity index (χ3n) is 3.44. The summed E-state index contributed by atoms with van der Waals surface area (Å²) in [5, 5.41) is 14.4. The lowest BCUT2D eigenvalue weighted by molar-refractivity contribution is -0.143. The minimum absolute atomic E-state index is 0.0618. The monoisotopic (exact) mass is 272 g/mol. The Labute approximate surface area is 116 Å². The molecule has 0 aromatic heterocycles. The molecule has 2 atom stereocenters. The molecule has 0 heterocycles. The molecule has 0 aliphatic rings. The summed E-state index contributed by atoms with van der Waals surface area (Å²) in [5.74, 6) is -1.01. The van der Waals surface area contributed by atoms with Gasteiger partial charge in [0.2, 0.25) is 0 Å². The maximum absolute atomic E-state index is 11.7. The van der Waals surface area contributed by atoms with Crippen molar-refractivity contribution in [1.82, 2.24) is 10.6 Å². The highest BCUT2D eigenvalue weighted by Crippen LogP contribution is 2.09. The van der Waals surface area contributed by atoms with Crippen LogP contribution in [0.2, 0.25) is 0 Å². The first-order valence-corrected chi connectivity index (χ1v) is 7.17. The van der Waals surface area contributed by atoms with E-state index in [4.69, 9.17) is 5.11 Å². The first-order valence-electron chi connectivity index (χ1n) is 7.17. The summed E-state index contributed by atoms with van der Waals surface area (Å²) < 4.78 is 0. The van der Waals surface area contributed by atoms with Gasteiger partial charge in [-0.05, 0) is 26.7 Å². The maximum atomic E-state index is 11.7. The SMILES string of the molecule is CCCCCCC(C)NC(=O)NC(C)(CC)C(=O)O. The molecule has 19 heavy (non-hydrogen) atoms. The van der Waals surface area contributed by atoms with E-state index < -0.39 is 17.5 Å². The van der Waals surface area contributed by atoms with Gasteiger partial charge in [0.1, 0.15) is 5.54 Å². The number of carboxylic acid groups (broad SMARTS) is 1. The summed E-state index contributed by atoms with van der Waals surface area (Å²) in [6.07, 6.45) is 5.93. The molecule has 0 aromatic carbocycles. The topological polar surface area (TPSA) is 78.4 Å². The minimum Gasteiger partial charge on any atom is -0.480 e. The zero-order chi connectivity index (χ0) is 14.9. The van der Waals surface area contributed by atoms with Crippen molar-refractivity contribution in [2.45, 2.75) is 77.8 Å². The fourth-order valence-electron chi connectivity index (χ4n) is 1.75. The Morgan fingerprint density at radius 2 is 1.84 bits per heavy atom. The van der Waals surface area contributed by atoms with E-state index in [-0.39, 0.29) is 6.04 Å². The Morgan fingerprint density at radius 1 is 1.21 bits per heavy atom. The van der Waals surface area contributed by atoms with Gasteiger partial charge in [0.05, 0.1) is 0 Å². The molecule has 0 aliphatic heterocycles. The van der Waals surface area contributed by atoms with E-state index >= 15 is 0 Å². The summed E-state index contributed by atoms with van der Waals surface area (Å²) in [4.78, 5) is 22.8. The number of amides is 2. The number of unbranched alkanes of at least 4 members (excludes halogenated alkanes) is 3. The van der Waals surface area contributed by atoms with Gasteiger partial charge >= 0.3 is 12.0 Å². The summed E-state index contributed by atoms with van der Waals surface area (Å²) in [5.41, 5.74) is -1.20. The largest absolute Gasteiger partial charge is 0.480 e. The molecular formula is C14H28N2O3. The van der Waals surface area contributed by atoms with E-state index in [0.29, 0.717) is 6.42 Å². The zero-order valence-corrected chi connectivity index (χ0v) is 12.6. The average Bonchev–Trinajstić information content (AvgIpc) is 2.34. The molecule has 112 valence electrons. The van der Waals surface area contributed by atoms with Gasteiger partial charge in [-0.2, -0.15) is 0 Å². The number of carbonyl (C=O) groups is 2. The van der Waals surface area contributed by atoms with Crippen LogP contribution in [0.1, 0.15) is 66.2 Å². The molecule has 0 rings (SSSR count). The predicted octanol–water partition coefficient (Wildman–Crippen LogP) is 2.90. The van der Waals surface area contributed by atoms with Gasteiger partial charge in [0.15, 0.2) is 0 Å². The summed E-state index contributed by atoms with van der Waals surface area (Å²) in [6.45, 7) is 7.35. The van der Waals surface area contributed by atoms with Crippen LogP contribution in [-0.2, 0) is 4.79 Å². The number of hydrogen-bond acceptors (Lipinski definition) is 2. The van der Waals surface area contributed by atoms with E-state index in [0.717, 1.165) is 12.8 Å². The van der Waals surface area contributed by atoms with Crippen molar-refractivity contribution in [2.75, 3.05) is 0 Å². The molecule has 0 bridgehead atoms. The predicted molar refractivity (Wildman–Crippen MR) is 76.2 cm³/mol. The van der Waals surface area contributed by atoms with Gasteiger partial charge in [-0.25, -0.2) is 9.59 Å². The second-order valence-corrected chi connectivity index (χ2v) is 5.34. The van der Waals surface area contributed by atoms with Crippen LogP contribution in [0.25, 0.3) is 0 Å². The number of hydrogen-bond donors (Lipinski definition) is 3. The molecule has 5 heteroatoms. The van der Waals surface area contributed by atoms with E-state index in [9.17, 15) is 9.59 Å². The second-order valence-electron chi connectivity index (χ2n) is 5.34. The van der Waals surface area contributed by atoms with Crippen LogP contribution >= 0.6 is 0 Å². The molecule has 0 fully saturated rings. The van der Waals surface area contributed by atoms with Crippen molar-refractivity contribution < 1.29 is 14.7 Å². The number of nitrogens with one attached hydrogen (secondary N) is 2. The quantitative estimate of drug-likeness (QED) is 0.565. The minimum atomic E-state index is -1.20. The first kappa shape index (κ1) is 17.7. The van der Waals surface area contributed by atoms with Crippen molar-refractivity contribution in [2.24, 2.45) is 0 Å². The molecule has 5 nitrogen and oxygen atoms in total. The molecular weight excluding hydrogens is 244 g/mol. The third-order valence-corrected chi connectivity index (χ3v) is 3.44. The van der Waals surface area contributed by atoms with E-state index in [2.05, 4.69) is 17.6 Å². The molecule has 0 saturated heterocycles. The van der Waals surface area contributed by atoms with Crippen LogP contribution in [0.3, 0.4) is 0 Å². The van der Waals surface area contributed by atoms with Crippen molar-refractivity contribution in [3.8, 4) is 0 Å². The van der Waals surface area contributed by atoms with Gasteiger partial charge in [-0.3, -0.25) is 0 Å². The molecule has 0 spiro atoms. The second kappa shape index (κ2) is 8.77. The third kappa shape index (κ3) is 7.03. The van der Waals surface area contributed by atoms with E-state index in [1.807, 2.05) is 6.92 Å². The summed E-state index contributed by atoms with van der Waals surface area (Å²) in [6, 6.07) is -0.346. The van der Waals surface area contributed by atoms with Gasteiger partial charge < -0.3 is 15.7 Å². The molecule has 3 N–H and O–H groups in total. The standard InChI is InChI=1S/C14H28N2O3/c1-5-7-8-9-10-11(3)15-13(19)16-14(4,6-2)12(17)18/h11H,5-10H2,1-4H3,(H,17,18)(H2,15,16,19). The summed E-state index contributed by atoms with van der Waals surface area (Å²) in [7, 11) is 0. The van der Waals surface area contributed by atoms with Crippen molar-refractivity contribution >= 4 is 12.0 Å². The van der Waals surface area contributed by atoms with Crippen molar-refractivity contribution in [3.63, 3.8) is 0 Å². The number of aliphatic carboxylic acids is 1. The fraction of sp³-hybridized carbons (Fsp3) is 0.857. The van der Waals surface area contributed by atoms with Crippen LogP contribution in [-0.4, -0.2) is 28.7 Å². The maximum Gasteiger partial charge on any atom is 0.329 e. The Balaban J connectivity index is 4.05. The average molecular weight is 272 g/mol. The molecule has 0 aliphatic carbocycles. The van der Waals surface area contributed by atoms with Crippen molar-refractivity contribution in [3.05, 3.63) is 0 Å². The lowest BCUT2D eigenvalue weighted by Crippen LogP contribution is -2.56. The van der Waals surface area contributed by atoms with Crippen LogP contribution in [0.15, 0.2) is 0 Å². The highest BCUT2D eigenvalue weighted by molar-refractivity contribution is 5.85. The lowest BCUT2D eigenvalue weighted by atomic mass is 10.00. The Hall–Kier alpha value is -1.26. The molecule has 0 aromatic rings. The summed E-state index contributed by atoms with van der Waals surface area (Å²) >= 11 is 0. The molecule has 2 unspecified atom stereocenters. The van der Waals surface area contributed by atoms with Crippen LogP contribution in [0, 0.1) is 0 Å². The highest BCUT2D eigenvalue weighted by Gasteiger charge is 2.32. The number of rotatable bonds is 9. The number of urea groups is 1. The van der Waals surface area contributed by atoms with E-state index in [1.165, 1.54) is 26.2 Å². The van der Waals surface area contributed by atoms with Gasteiger partial charge in [0, 0.05) is 6.04 Å². The van der Waals surface area contributed by atoms with E-state index in [1.54, 1.807) is 6.92 Å². The first-order chi connectivity index (χ1) is 8.85.